The Morgan fingerprint density at radius 3 is 1.03 bits per heavy atom. The zero-order valence-electron chi connectivity index (χ0n) is 18.9. The van der Waals surface area contributed by atoms with Crippen LogP contribution in [0.15, 0.2) is 133 Å². The quantitative estimate of drug-likeness (QED) is 0.241. The number of hydrogen-bond donors (Lipinski definition) is 0. The summed E-state index contributed by atoms with van der Waals surface area (Å²) in [5, 5.41) is 0. The van der Waals surface area contributed by atoms with Crippen molar-refractivity contribution < 1.29 is 9.47 Å². The Morgan fingerprint density at radius 1 is 0.324 bits per heavy atom. The van der Waals surface area contributed by atoms with Crippen LogP contribution in [0, 0.1) is 0 Å². The van der Waals surface area contributed by atoms with Crippen LogP contribution in [0.2, 0.25) is 0 Å². The number of rotatable bonds is 8. The van der Waals surface area contributed by atoms with Crippen molar-refractivity contribution in [1.82, 2.24) is 0 Å². The number of benzene rings is 5. The Bertz CT molecular complexity index is 1200. The molecule has 5 rings (SSSR count). The summed E-state index contributed by atoms with van der Waals surface area (Å²) >= 11 is 0. The van der Waals surface area contributed by atoms with E-state index in [9.17, 15) is 0 Å². The summed E-state index contributed by atoms with van der Waals surface area (Å²) in [4.78, 5) is 0. The number of hydrogen-bond acceptors (Lipinski definition) is 2. The highest BCUT2D eigenvalue weighted by molar-refractivity contribution is 5.64. The first-order valence-corrected chi connectivity index (χ1v) is 11.5. The Morgan fingerprint density at radius 2 is 0.647 bits per heavy atom. The van der Waals surface area contributed by atoms with Crippen LogP contribution in [-0.4, -0.2) is 0 Å². The van der Waals surface area contributed by atoms with Crippen molar-refractivity contribution >= 4 is 0 Å². The highest BCUT2D eigenvalue weighted by Crippen LogP contribution is 2.25. The molecule has 5 aromatic rings. The molecule has 0 amide bonds. The summed E-state index contributed by atoms with van der Waals surface area (Å²) in [6, 6.07) is 45.5. The van der Waals surface area contributed by atoms with Gasteiger partial charge in [-0.15, -0.1) is 0 Å². The second-order valence-corrected chi connectivity index (χ2v) is 8.13. The maximum atomic E-state index is 6.08. The van der Waals surface area contributed by atoms with E-state index in [0.717, 1.165) is 22.6 Å². The molecule has 34 heavy (non-hydrogen) atoms. The molecular formula is C32H26O2. The van der Waals surface area contributed by atoms with Crippen molar-refractivity contribution in [3.8, 4) is 33.8 Å². The summed E-state index contributed by atoms with van der Waals surface area (Å²) in [5.41, 5.74) is 7.01. The second-order valence-electron chi connectivity index (χ2n) is 8.13. The molecule has 0 aromatic heterocycles. The molecule has 2 heteroatoms. The van der Waals surface area contributed by atoms with E-state index < -0.39 is 0 Å². The van der Waals surface area contributed by atoms with E-state index in [1.807, 2.05) is 48.5 Å². The van der Waals surface area contributed by atoms with Crippen molar-refractivity contribution in [1.29, 1.82) is 0 Å². The molecule has 0 atom stereocenters. The van der Waals surface area contributed by atoms with Gasteiger partial charge >= 0.3 is 0 Å². The molecule has 2 nitrogen and oxygen atoms in total. The molecule has 0 fully saturated rings. The maximum Gasteiger partial charge on any atom is 0.119 e. The normalized spacial score (nSPS) is 10.6. The summed E-state index contributed by atoms with van der Waals surface area (Å²) < 4.78 is 12.2. The van der Waals surface area contributed by atoms with Gasteiger partial charge in [-0.05, 0) is 57.6 Å². The van der Waals surface area contributed by atoms with Crippen molar-refractivity contribution in [3.63, 3.8) is 0 Å². The van der Waals surface area contributed by atoms with Crippen LogP contribution in [0.1, 0.15) is 11.1 Å². The fourth-order valence-corrected chi connectivity index (χ4v) is 3.91. The van der Waals surface area contributed by atoms with Crippen LogP contribution in [0.4, 0.5) is 0 Å². The van der Waals surface area contributed by atoms with Gasteiger partial charge in [0.2, 0.25) is 0 Å². The lowest BCUT2D eigenvalue weighted by atomic mass is 10.1. The lowest BCUT2D eigenvalue weighted by Crippen LogP contribution is -2.03. The Balaban J connectivity index is 1.20. The molecule has 0 spiro atoms. The van der Waals surface area contributed by atoms with E-state index in [4.69, 9.17) is 9.47 Å². The van der Waals surface area contributed by atoms with Gasteiger partial charge in [-0.1, -0.05) is 109 Å². The molecule has 0 N–H and O–H groups in total. The van der Waals surface area contributed by atoms with Crippen molar-refractivity contribution in [2.45, 2.75) is 13.2 Å². The summed E-state index contributed by atoms with van der Waals surface area (Å²) in [6.45, 7) is 0.994. The summed E-state index contributed by atoms with van der Waals surface area (Å²) in [6.07, 6.45) is 0. The first kappa shape index (κ1) is 21.5. The zero-order chi connectivity index (χ0) is 23.0. The van der Waals surface area contributed by atoms with Crippen molar-refractivity contribution in [3.05, 3.63) is 145 Å². The van der Waals surface area contributed by atoms with E-state index >= 15 is 0 Å². The van der Waals surface area contributed by atoms with Gasteiger partial charge in [-0.3, -0.25) is 0 Å². The molecule has 0 radical (unpaired) electrons. The van der Waals surface area contributed by atoms with Gasteiger partial charge in [-0.25, -0.2) is 0 Å². The molecule has 0 aliphatic heterocycles. The molecule has 0 aliphatic carbocycles. The fraction of sp³-hybridized carbons (Fsp3) is 0.0625. The predicted molar refractivity (Wildman–Crippen MR) is 139 cm³/mol. The van der Waals surface area contributed by atoms with Gasteiger partial charge < -0.3 is 9.47 Å². The Kier molecular flexibility index (Phi) is 6.68. The molecule has 0 heterocycles. The lowest BCUT2D eigenvalue weighted by molar-refractivity contribution is 0.285. The molecular weight excluding hydrogens is 416 g/mol. The number of ether oxygens (including phenoxy) is 2. The minimum atomic E-state index is 0.497. The van der Waals surface area contributed by atoms with Crippen LogP contribution >= 0.6 is 0 Å². The van der Waals surface area contributed by atoms with Gasteiger partial charge in [0.05, 0.1) is 0 Å². The second kappa shape index (κ2) is 10.5. The molecule has 0 unspecified atom stereocenters. The zero-order valence-corrected chi connectivity index (χ0v) is 18.9. The first-order valence-electron chi connectivity index (χ1n) is 11.5. The predicted octanol–water partition coefficient (Wildman–Crippen LogP) is 8.18. The van der Waals surface area contributed by atoms with E-state index in [0.29, 0.717) is 13.2 Å². The van der Waals surface area contributed by atoms with E-state index in [2.05, 4.69) is 84.9 Å². The molecule has 0 saturated carbocycles. The topological polar surface area (TPSA) is 18.5 Å². The average Bonchev–Trinajstić information content (AvgIpc) is 2.93. The summed E-state index contributed by atoms with van der Waals surface area (Å²) in [7, 11) is 0. The maximum absolute atomic E-state index is 6.08. The minimum Gasteiger partial charge on any atom is -0.489 e. The average molecular weight is 443 g/mol. The third-order valence-corrected chi connectivity index (χ3v) is 5.83. The summed E-state index contributed by atoms with van der Waals surface area (Å²) in [5.74, 6) is 1.71. The van der Waals surface area contributed by atoms with Gasteiger partial charge in [-0.2, -0.15) is 0 Å². The monoisotopic (exact) mass is 442 g/mol. The molecule has 0 saturated heterocycles. The third kappa shape index (κ3) is 5.36. The Hall–Kier alpha value is -4.30. The lowest BCUT2D eigenvalue weighted by Gasteiger charge is -2.13. The van der Waals surface area contributed by atoms with Gasteiger partial charge in [0.15, 0.2) is 0 Å². The molecule has 5 aromatic carbocycles. The van der Waals surface area contributed by atoms with E-state index in [-0.39, 0.29) is 0 Å². The van der Waals surface area contributed by atoms with Gasteiger partial charge in [0.1, 0.15) is 24.7 Å². The highest BCUT2D eigenvalue weighted by Gasteiger charge is 2.06. The van der Waals surface area contributed by atoms with Gasteiger partial charge in [0, 0.05) is 0 Å². The van der Waals surface area contributed by atoms with Crippen molar-refractivity contribution in [2.75, 3.05) is 0 Å². The first-order chi connectivity index (χ1) is 16.8. The largest absolute Gasteiger partial charge is 0.489 e. The van der Waals surface area contributed by atoms with Crippen LogP contribution < -0.4 is 9.47 Å². The van der Waals surface area contributed by atoms with Crippen LogP contribution in [-0.2, 0) is 13.2 Å². The van der Waals surface area contributed by atoms with Gasteiger partial charge in [0.25, 0.3) is 0 Å². The van der Waals surface area contributed by atoms with Crippen LogP contribution in [0.25, 0.3) is 22.3 Å². The Labute approximate surface area is 201 Å². The standard InChI is InChI=1S/C32H26O2/c1-3-9-25(10-4-1)27-15-19-31(20-16-27)33-23-29-13-7-8-14-30(29)24-34-32-21-17-28(18-22-32)26-11-5-2-6-12-26/h1-22H,23-24H2. The molecule has 166 valence electrons. The molecule has 0 bridgehead atoms. The van der Waals surface area contributed by atoms with E-state index in [1.165, 1.54) is 22.3 Å². The van der Waals surface area contributed by atoms with Crippen molar-refractivity contribution in [2.24, 2.45) is 0 Å². The SMILES string of the molecule is c1ccc(-c2ccc(OCc3ccccc3COc3ccc(-c4ccccc4)cc3)cc2)cc1. The fourth-order valence-electron chi connectivity index (χ4n) is 3.91. The minimum absolute atomic E-state index is 0.497. The molecule has 0 aliphatic rings. The third-order valence-electron chi connectivity index (χ3n) is 5.83. The van der Waals surface area contributed by atoms with Crippen LogP contribution in [0.3, 0.4) is 0 Å². The van der Waals surface area contributed by atoms with E-state index in [1.54, 1.807) is 0 Å². The highest BCUT2D eigenvalue weighted by atomic mass is 16.5. The smallest absolute Gasteiger partial charge is 0.119 e. The van der Waals surface area contributed by atoms with Crippen LogP contribution in [0.5, 0.6) is 11.5 Å².